The van der Waals surface area contributed by atoms with Gasteiger partial charge in [0.1, 0.15) is 9.34 Å². The van der Waals surface area contributed by atoms with Crippen LogP contribution in [0.5, 0.6) is 0 Å². The zero-order valence-electron chi connectivity index (χ0n) is 9.84. The second-order valence-corrected chi connectivity index (χ2v) is 5.75. The molecule has 0 saturated carbocycles. The molecule has 0 radical (unpaired) electrons. The predicted molar refractivity (Wildman–Crippen MR) is 75.0 cm³/mol. The molecule has 96 valence electrons. The first kappa shape index (κ1) is 13.5. The highest BCUT2D eigenvalue weighted by molar-refractivity contribution is 7.15. The molecule has 1 atom stereocenters. The van der Waals surface area contributed by atoms with Crippen molar-refractivity contribution in [2.24, 2.45) is 0 Å². The summed E-state index contributed by atoms with van der Waals surface area (Å²) in [4.78, 5) is 4.17. The molecular weight excluding hydrogens is 268 g/mol. The third-order valence-corrected chi connectivity index (χ3v) is 3.73. The number of aliphatic hydroxyl groups excluding tert-OH is 1. The Kier molecular flexibility index (Phi) is 5.13. The second-order valence-electron chi connectivity index (χ2n) is 4.01. The van der Waals surface area contributed by atoms with Crippen LogP contribution in [-0.2, 0) is 13.0 Å². The Bertz CT molecular complexity index is 475. The lowest BCUT2D eigenvalue weighted by Gasteiger charge is -2.15. The molecule has 3 nitrogen and oxygen atoms in total. The summed E-state index contributed by atoms with van der Waals surface area (Å²) in [6, 6.07) is 10.2. The maximum atomic E-state index is 9.36. The number of halogens is 1. The van der Waals surface area contributed by atoms with Gasteiger partial charge in [-0.25, -0.2) is 4.98 Å². The smallest absolute Gasteiger partial charge is 0.113 e. The lowest BCUT2D eigenvalue weighted by molar-refractivity contribution is 0.241. The van der Waals surface area contributed by atoms with Gasteiger partial charge in [-0.2, -0.15) is 0 Å². The van der Waals surface area contributed by atoms with Gasteiger partial charge >= 0.3 is 0 Å². The van der Waals surface area contributed by atoms with Crippen LogP contribution in [-0.4, -0.2) is 22.7 Å². The zero-order valence-corrected chi connectivity index (χ0v) is 11.4. The van der Waals surface area contributed by atoms with Crippen LogP contribution in [0, 0.1) is 0 Å². The first-order valence-electron chi connectivity index (χ1n) is 5.76. The lowest BCUT2D eigenvalue weighted by Crippen LogP contribution is -2.33. The highest BCUT2D eigenvalue weighted by atomic mass is 35.5. The fourth-order valence-corrected chi connectivity index (χ4v) is 2.61. The summed E-state index contributed by atoms with van der Waals surface area (Å²) in [6.07, 6.45) is 2.45. The molecular formula is C13H15ClN2OS. The van der Waals surface area contributed by atoms with Crippen molar-refractivity contribution in [3.8, 4) is 0 Å². The summed E-state index contributed by atoms with van der Waals surface area (Å²) in [5.74, 6) is 0. The first-order chi connectivity index (χ1) is 8.78. The van der Waals surface area contributed by atoms with Crippen LogP contribution in [0.4, 0.5) is 0 Å². The standard InChI is InChI=1S/C13H15ClN2OS/c14-12-7-16-13(18-12)8-15-11(9-17)6-10-4-2-1-3-5-10/h1-5,7,11,15,17H,6,8-9H2/t11-/m1/s1. The minimum absolute atomic E-state index is 0.0371. The number of nitrogens with zero attached hydrogens (tertiary/aromatic N) is 1. The maximum absolute atomic E-state index is 9.36. The van der Waals surface area contributed by atoms with Gasteiger partial charge in [-0.05, 0) is 12.0 Å². The fraction of sp³-hybridized carbons (Fsp3) is 0.308. The van der Waals surface area contributed by atoms with E-state index in [4.69, 9.17) is 11.6 Å². The molecule has 0 amide bonds. The summed E-state index contributed by atoms with van der Waals surface area (Å²) in [7, 11) is 0. The topological polar surface area (TPSA) is 45.1 Å². The van der Waals surface area contributed by atoms with Gasteiger partial charge in [0, 0.05) is 12.6 Å². The number of thiazole rings is 1. The van der Waals surface area contributed by atoms with Crippen molar-refractivity contribution in [3.63, 3.8) is 0 Å². The quantitative estimate of drug-likeness (QED) is 0.856. The number of hydrogen-bond acceptors (Lipinski definition) is 4. The number of rotatable bonds is 6. The SMILES string of the molecule is OC[C@@H](Cc1ccccc1)NCc1ncc(Cl)s1. The Morgan fingerprint density at radius 1 is 1.33 bits per heavy atom. The number of hydrogen-bond donors (Lipinski definition) is 2. The van der Waals surface area contributed by atoms with Crippen LogP contribution >= 0.6 is 22.9 Å². The van der Waals surface area contributed by atoms with Crippen molar-refractivity contribution < 1.29 is 5.11 Å². The molecule has 2 aromatic rings. The van der Waals surface area contributed by atoms with Crippen LogP contribution in [0.1, 0.15) is 10.6 Å². The minimum atomic E-state index is 0.0371. The van der Waals surface area contributed by atoms with E-state index in [0.717, 1.165) is 11.4 Å². The molecule has 0 aliphatic rings. The molecule has 2 N–H and O–H groups in total. The molecule has 0 aliphatic heterocycles. The molecule has 0 fully saturated rings. The molecule has 1 aromatic carbocycles. The number of aromatic nitrogens is 1. The van der Waals surface area contributed by atoms with Gasteiger partial charge in [-0.1, -0.05) is 41.9 Å². The minimum Gasteiger partial charge on any atom is -0.395 e. The summed E-state index contributed by atoms with van der Waals surface area (Å²) in [5, 5.41) is 13.6. The fourth-order valence-electron chi connectivity index (χ4n) is 1.70. The van der Waals surface area contributed by atoms with Crippen LogP contribution < -0.4 is 5.32 Å². The van der Waals surface area contributed by atoms with Gasteiger partial charge in [0.25, 0.3) is 0 Å². The predicted octanol–water partition coefficient (Wildman–Crippen LogP) is 2.49. The van der Waals surface area contributed by atoms with E-state index in [2.05, 4.69) is 22.4 Å². The first-order valence-corrected chi connectivity index (χ1v) is 6.95. The van der Waals surface area contributed by atoms with Crippen LogP contribution in [0.2, 0.25) is 4.34 Å². The number of benzene rings is 1. The van der Waals surface area contributed by atoms with Crippen molar-refractivity contribution in [1.82, 2.24) is 10.3 Å². The van der Waals surface area contributed by atoms with Gasteiger partial charge in [-0.3, -0.25) is 0 Å². The van der Waals surface area contributed by atoms with E-state index in [1.165, 1.54) is 16.9 Å². The van der Waals surface area contributed by atoms with Gasteiger partial charge in [0.05, 0.1) is 12.8 Å². The molecule has 0 spiro atoms. The van der Waals surface area contributed by atoms with E-state index < -0.39 is 0 Å². The van der Waals surface area contributed by atoms with E-state index in [0.29, 0.717) is 10.9 Å². The molecule has 0 unspecified atom stereocenters. The van der Waals surface area contributed by atoms with Crippen molar-refractivity contribution in [3.05, 3.63) is 51.4 Å². The molecule has 0 bridgehead atoms. The van der Waals surface area contributed by atoms with Gasteiger partial charge < -0.3 is 10.4 Å². The molecule has 5 heteroatoms. The Morgan fingerprint density at radius 2 is 2.11 bits per heavy atom. The molecule has 18 heavy (non-hydrogen) atoms. The Labute approximate surface area is 115 Å². The highest BCUT2D eigenvalue weighted by Crippen LogP contribution is 2.18. The van der Waals surface area contributed by atoms with Crippen molar-refractivity contribution in [1.29, 1.82) is 0 Å². The summed E-state index contributed by atoms with van der Waals surface area (Å²) >= 11 is 7.27. The van der Waals surface area contributed by atoms with Gasteiger partial charge in [0.2, 0.25) is 0 Å². The van der Waals surface area contributed by atoms with E-state index in [1.807, 2.05) is 18.2 Å². The zero-order chi connectivity index (χ0) is 12.8. The summed E-state index contributed by atoms with van der Waals surface area (Å²) < 4.78 is 0.690. The average molecular weight is 283 g/mol. The molecule has 0 saturated heterocycles. The van der Waals surface area contributed by atoms with Crippen molar-refractivity contribution >= 4 is 22.9 Å². The number of nitrogens with one attached hydrogen (secondary N) is 1. The molecule has 2 rings (SSSR count). The molecule has 1 heterocycles. The van der Waals surface area contributed by atoms with E-state index >= 15 is 0 Å². The monoisotopic (exact) mass is 282 g/mol. The molecule has 0 aliphatic carbocycles. The average Bonchev–Trinajstić information content (AvgIpc) is 2.81. The third-order valence-electron chi connectivity index (χ3n) is 2.61. The van der Waals surface area contributed by atoms with Crippen molar-refractivity contribution in [2.45, 2.75) is 19.0 Å². The Balaban J connectivity index is 1.86. The second kappa shape index (κ2) is 6.85. The normalized spacial score (nSPS) is 12.6. The summed E-state index contributed by atoms with van der Waals surface area (Å²) in [6.45, 7) is 0.740. The van der Waals surface area contributed by atoms with Crippen LogP contribution in [0.3, 0.4) is 0 Å². The maximum Gasteiger partial charge on any atom is 0.113 e. The van der Waals surface area contributed by atoms with Crippen molar-refractivity contribution in [2.75, 3.05) is 6.61 Å². The molecule has 1 aromatic heterocycles. The lowest BCUT2D eigenvalue weighted by atomic mass is 10.1. The third kappa shape index (κ3) is 4.07. The van der Waals surface area contributed by atoms with Gasteiger partial charge in [0.15, 0.2) is 0 Å². The van der Waals surface area contributed by atoms with E-state index in [-0.39, 0.29) is 12.6 Å². The summed E-state index contributed by atoms with van der Waals surface area (Å²) in [5.41, 5.74) is 1.21. The number of aliphatic hydroxyl groups is 1. The Morgan fingerprint density at radius 3 is 2.72 bits per heavy atom. The van der Waals surface area contributed by atoms with Gasteiger partial charge in [-0.15, -0.1) is 11.3 Å². The van der Waals surface area contributed by atoms with Crippen LogP contribution in [0.25, 0.3) is 0 Å². The van der Waals surface area contributed by atoms with E-state index in [1.54, 1.807) is 6.20 Å². The van der Waals surface area contributed by atoms with Crippen LogP contribution in [0.15, 0.2) is 36.5 Å². The Hall–Kier alpha value is -0.940. The van der Waals surface area contributed by atoms with E-state index in [9.17, 15) is 5.11 Å². The largest absolute Gasteiger partial charge is 0.395 e. The highest BCUT2D eigenvalue weighted by Gasteiger charge is 2.09.